The number of hydrogen-bond donors (Lipinski definition) is 0. The molecule has 0 amide bonds. The summed E-state index contributed by atoms with van der Waals surface area (Å²) in [5.74, 6) is 0.642. The Kier molecular flexibility index (Phi) is 7.06. The van der Waals surface area contributed by atoms with Crippen LogP contribution >= 0.6 is 0 Å². The van der Waals surface area contributed by atoms with Crippen molar-refractivity contribution >= 4 is 11.9 Å². The Bertz CT molecular complexity index is 761. The third kappa shape index (κ3) is 5.84. The van der Waals surface area contributed by atoms with Gasteiger partial charge in [0.15, 0.2) is 0 Å². The van der Waals surface area contributed by atoms with Crippen molar-refractivity contribution in [1.29, 1.82) is 0 Å². The van der Waals surface area contributed by atoms with Gasteiger partial charge in [-0.1, -0.05) is 30.3 Å². The van der Waals surface area contributed by atoms with Crippen LogP contribution in [0.1, 0.15) is 48.0 Å². The first-order chi connectivity index (χ1) is 13.6. The molecule has 0 aliphatic heterocycles. The molecule has 5 nitrogen and oxygen atoms in total. The molecule has 2 aromatic rings. The summed E-state index contributed by atoms with van der Waals surface area (Å²) in [6.45, 7) is 0.257. The summed E-state index contributed by atoms with van der Waals surface area (Å²) >= 11 is 0. The summed E-state index contributed by atoms with van der Waals surface area (Å²) < 4.78 is 16.1. The maximum Gasteiger partial charge on any atom is 0.338 e. The lowest BCUT2D eigenvalue weighted by atomic mass is 9.85. The van der Waals surface area contributed by atoms with Crippen LogP contribution in [0, 0.1) is 5.92 Å². The van der Waals surface area contributed by atoms with Gasteiger partial charge in [-0.05, 0) is 61.4 Å². The largest absolute Gasteiger partial charge is 0.490 e. The molecule has 1 aliphatic rings. The smallest absolute Gasteiger partial charge is 0.338 e. The Morgan fingerprint density at radius 1 is 0.929 bits per heavy atom. The highest BCUT2D eigenvalue weighted by molar-refractivity contribution is 5.89. The zero-order valence-corrected chi connectivity index (χ0v) is 16.1. The monoisotopic (exact) mass is 382 g/mol. The van der Waals surface area contributed by atoms with E-state index < -0.39 is 0 Å². The molecule has 1 aliphatic carbocycles. The van der Waals surface area contributed by atoms with E-state index in [1.165, 1.54) is 7.11 Å². The molecule has 0 radical (unpaired) electrons. The minimum absolute atomic E-state index is 0.140. The molecule has 2 aromatic carbocycles. The highest BCUT2D eigenvalue weighted by atomic mass is 16.5. The predicted molar refractivity (Wildman–Crippen MR) is 105 cm³/mol. The van der Waals surface area contributed by atoms with Gasteiger partial charge in [0.1, 0.15) is 12.4 Å². The number of benzene rings is 2. The minimum atomic E-state index is -0.348. The van der Waals surface area contributed by atoms with Crippen LogP contribution in [0.5, 0.6) is 5.75 Å². The molecule has 0 spiro atoms. The van der Waals surface area contributed by atoms with Crippen molar-refractivity contribution in [1.82, 2.24) is 0 Å². The molecule has 0 atom stereocenters. The van der Waals surface area contributed by atoms with Gasteiger partial charge >= 0.3 is 11.9 Å². The Morgan fingerprint density at radius 3 is 2.25 bits per heavy atom. The van der Waals surface area contributed by atoms with Crippen molar-refractivity contribution < 1.29 is 23.8 Å². The van der Waals surface area contributed by atoms with Gasteiger partial charge in [-0.15, -0.1) is 0 Å². The number of carbonyl (C=O) groups excluding carboxylic acids is 2. The van der Waals surface area contributed by atoms with Crippen molar-refractivity contribution in [2.24, 2.45) is 5.92 Å². The first-order valence-corrected chi connectivity index (χ1v) is 9.68. The molecule has 148 valence electrons. The SMILES string of the molecule is COC(=O)CC1CCC(Oc2ccc(C(=O)OCc3ccccc3)cc2)CC1. The van der Waals surface area contributed by atoms with Crippen LogP contribution in [0.15, 0.2) is 54.6 Å². The Hall–Kier alpha value is -2.82. The van der Waals surface area contributed by atoms with Crippen molar-refractivity contribution in [3.8, 4) is 5.75 Å². The topological polar surface area (TPSA) is 61.8 Å². The van der Waals surface area contributed by atoms with Gasteiger partial charge < -0.3 is 14.2 Å². The van der Waals surface area contributed by atoms with E-state index in [0.717, 1.165) is 37.0 Å². The minimum Gasteiger partial charge on any atom is -0.490 e. The van der Waals surface area contributed by atoms with Crippen molar-refractivity contribution in [2.75, 3.05) is 7.11 Å². The second kappa shape index (κ2) is 9.93. The highest BCUT2D eigenvalue weighted by Crippen LogP contribution is 2.30. The van der Waals surface area contributed by atoms with E-state index in [2.05, 4.69) is 0 Å². The van der Waals surface area contributed by atoms with Crippen LogP contribution in [0.4, 0.5) is 0 Å². The third-order valence-electron chi connectivity index (χ3n) is 5.08. The number of rotatable bonds is 7. The van der Waals surface area contributed by atoms with E-state index >= 15 is 0 Å². The number of ether oxygens (including phenoxy) is 3. The predicted octanol–water partition coefficient (Wildman–Crippen LogP) is 4.54. The van der Waals surface area contributed by atoms with Gasteiger partial charge in [0.25, 0.3) is 0 Å². The molecule has 0 unspecified atom stereocenters. The fourth-order valence-corrected chi connectivity index (χ4v) is 3.44. The summed E-state index contributed by atoms with van der Waals surface area (Å²) in [5, 5.41) is 0. The molecule has 0 saturated heterocycles. The van der Waals surface area contributed by atoms with E-state index in [0.29, 0.717) is 17.9 Å². The average molecular weight is 382 g/mol. The van der Waals surface area contributed by atoms with E-state index in [-0.39, 0.29) is 24.6 Å². The summed E-state index contributed by atoms with van der Waals surface area (Å²) in [5.41, 5.74) is 1.46. The number of methoxy groups -OCH3 is 1. The van der Waals surface area contributed by atoms with Gasteiger partial charge in [-0.25, -0.2) is 4.79 Å². The van der Waals surface area contributed by atoms with E-state index in [1.54, 1.807) is 24.3 Å². The van der Waals surface area contributed by atoms with Crippen molar-refractivity contribution in [3.63, 3.8) is 0 Å². The lowest BCUT2D eigenvalue weighted by Crippen LogP contribution is -2.25. The Morgan fingerprint density at radius 2 is 1.61 bits per heavy atom. The summed E-state index contributed by atoms with van der Waals surface area (Å²) in [6, 6.07) is 16.7. The fraction of sp³-hybridized carbons (Fsp3) is 0.391. The van der Waals surface area contributed by atoms with Crippen LogP contribution in [0.3, 0.4) is 0 Å². The number of hydrogen-bond acceptors (Lipinski definition) is 5. The molecule has 0 heterocycles. The second-order valence-corrected chi connectivity index (χ2v) is 7.13. The molecule has 5 heteroatoms. The lowest BCUT2D eigenvalue weighted by molar-refractivity contribution is -0.142. The molecule has 0 bridgehead atoms. The third-order valence-corrected chi connectivity index (χ3v) is 5.08. The normalized spacial score (nSPS) is 18.9. The fourth-order valence-electron chi connectivity index (χ4n) is 3.44. The zero-order chi connectivity index (χ0) is 19.8. The van der Waals surface area contributed by atoms with Crippen LogP contribution in [0.25, 0.3) is 0 Å². The second-order valence-electron chi connectivity index (χ2n) is 7.13. The van der Waals surface area contributed by atoms with Gasteiger partial charge in [-0.3, -0.25) is 4.79 Å². The van der Waals surface area contributed by atoms with Gasteiger partial charge in [0.05, 0.1) is 18.8 Å². The van der Waals surface area contributed by atoms with Crippen LogP contribution in [-0.2, 0) is 20.9 Å². The standard InChI is InChI=1S/C23H26O5/c1-26-22(24)15-17-7-11-20(12-8-17)28-21-13-9-19(10-14-21)23(25)27-16-18-5-3-2-4-6-18/h2-6,9-10,13-14,17,20H,7-8,11-12,15-16H2,1H3. The number of carbonyl (C=O) groups is 2. The van der Waals surface area contributed by atoms with Crippen LogP contribution in [-0.4, -0.2) is 25.2 Å². The van der Waals surface area contributed by atoms with E-state index in [4.69, 9.17) is 14.2 Å². The molecule has 3 rings (SSSR count). The van der Waals surface area contributed by atoms with Crippen LogP contribution in [0.2, 0.25) is 0 Å². The molecule has 28 heavy (non-hydrogen) atoms. The Labute approximate surface area is 165 Å². The quantitative estimate of drug-likeness (QED) is 0.658. The summed E-state index contributed by atoms with van der Waals surface area (Å²) in [4.78, 5) is 23.5. The first-order valence-electron chi connectivity index (χ1n) is 9.68. The molecule has 0 N–H and O–H groups in total. The van der Waals surface area contributed by atoms with Gasteiger partial charge in [0.2, 0.25) is 0 Å². The zero-order valence-electron chi connectivity index (χ0n) is 16.1. The van der Waals surface area contributed by atoms with Crippen molar-refractivity contribution in [2.45, 2.75) is 44.8 Å². The summed E-state index contributed by atoms with van der Waals surface area (Å²) in [7, 11) is 1.43. The van der Waals surface area contributed by atoms with Crippen molar-refractivity contribution in [3.05, 3.63) is 65.7 Å². The van der Waals surface area contributed by atoms with E-state index in [1.807, 2.05) is 30.3 Å². The molecule has 0 aromatic heterocycles. The maximum atomic E-state index is 12.2. The molecule has 1 fully saturated rings. The molecular weight excluding hydrogens is 356 g/mol. The maximum absolute atomic E-state index is 12.2. The molecule has 1 saturated carbocycles. The average Bonchev–Trinajstić information content (AvgIpc) is 2.74. The number of esters is 2. The van der Waals surface area contributed by atoms with E-state index in [9.17, 15) is 9.59 Å². The molecular formula is C23H26O5. The van der Waals surface area contributed by atoms with Gasteiger partial charge in [0, 0.05) is 6.42 Å². The van der Waals surface area contributed by atoms with Gasteiger partial charge in [-0.2, -0.15) is 0 Å². The Balaban J connectivity index is 1.44. The lowest BCUT2D eigenvalue weighted by Gasteiger charge is -2.28. The first kappa shape index (κ1) is 19.9. The van der Waals surface area contributed by atoms with Crippen LogP contribution < -0.4 is 4.74 Å². The highest BCUT2D eigenvalue weighted by Gasteiger charge is 2.24. The summed E-state index contributed by atoms with van der Waals surface area (Å²) in [6.07, 6.45) is 4.39.